The van der Waals surface area contributed by atoms with E-state index < -0.39 is 5.97 Å². The number of rotatable bonds is 4. The Morgan fingerprint density at radius 2 is 1.89 bits per heavy atom. The molecule has 0 aliphatic heterocycles. The van der Waals surface area contributed by atoms with Crippen molar-refractivity contribution in [2.75, 3.05) is 6.61 Å². The predicted octanol–water partition coefficient (Wildman–Crippen LogP) is 1.88. The van der Waals surface area contributed by atoms with Gasteiger partial charge in [0.25, 0.3) is 0 Å². The lowest BCUT2D eigenvalue weighted by Gasteiger charge is -2.07. The van der Waals surface area contributed by atoms with Gasteiger partial charge in [-0.3, -0.25) is 14.8 Å². The molecule has 96 valence electrons. The molecule has 0 fully saturated rings. The van der Waals surface area contributed by atoms with Crippen molar-refractivity contribution in [2.24, 2.45) is 0 Å². The van der Waals surface area contributed by atoms with Gasteiger partial charge in [0.2, 0.25) is 0 Å². The first-order chi connectivity index (χ1) is 9.24. The van der Waals surface area contributed by atoms with Crippen molar-refractivity contribution in [1.82, 2.24) is 9.97 Å². The Bertz CT molecular complexity index is 597. The Balaban J connectivity index is 2.40. The van der Waals surface area contributed by atoms with E-state index in [4.69, 9.17) is 4.74 Å². The lowest BCUT2D eigenvalue weighted by atomic mass is 10.0. The fourth-order valence-corrected chi connectivity index (χ4v) is 1.62. The molecular formula is C14H12N2O3. The molecule has 0 aromatic carbocycles. The summed E-state index contributed by atoms with van der Waals surface area (Å²) in [6, 6.07) is 4.81. The van der Waals surface area contributed by atoms with Crippen molar-refractivity contribution in [1.29, 1.82) is 0 Å². The molecule has 0 spiro atoms. The summed E-state index contributed by atoms with van der Waals surface area (Å²) in [5, 5.41) is 0. The third-order valence-corrected chi connectivity index (χ3v) is 2.48. The van der Waals surface area contributed by atoms with Crippen LogP contribution in [0.25, 0.3) is 0 Å². The number of ether oxygens (including phenoxy) is 1. The van der Waals surface area contributed by atoms with Gasteiger partial charge in [-0.25, -0.2) is 4.79 Å². The Morgan fingerprint density at radius 3 is 2.58 bits per heavy atom. The van der Waals surface area contributed by atoms with Crippen molar-refractivity contribution in [2.45, 2.75) is 6.92 Å². The molecular weight excluding hydrogens is 244 g/mol. The Labute approximate surface area is 110 Å². The summed E-state index contributed by atoms with van der Waals surface area (Å²) < 4.78 is 4.91. The molecule has 2 heterocycles. The molecule has 0 amide bonds. The Kier molecular flexibility index (Phi) is 3.97. The number of hydrogen-bond donors (Lipinski definition) is 0. The minimum absolute atomic E-state index is 0.165. The van der Waals surface area contributed by atoms with Gasteiger partial charge >= 0.3 is 5.97 Å². The van der Waals surface area contributed by atoms with Crippen molar-refractivity contribution < 1.29 is 14.3 Å². The van der Waals surface area contributed by atoms with Gasteiger partial charge in [0, 0.05) is 35.9 Å². The van der Waals surface area contributed by atoms with E-state index in [1.807, 2.05) is 0 Å². The first kappa shape index (κ1) is 12.9. The molecule has 0 unspecified atom stereocenters. The topological polar surface area (TPSA) is 69.2 Å². The Morgan fingerprint density at radius 1 is 1.11 bits per heavy atom. The molecule has 0 atom stereocenters. The maximum Gasteiger partial charge on any atom is 0.340 e. The Hall–Kier alpha value is -2.56. The van der Waals surface area contributed by atoms with Crippen molar-refractivity contribution >= 4 is 11.8 Å². The van der Waals surface area contributed by atoms with Crippen LogP contribution < -0.4 is 0 Å². The normalized spacial score (nSPS) is 9.95. The average molecular weight is 256 g/mol. The average Bonchev–Trinajstić information content (AvgIpc) is 2.47. The predicted molar refractivity (Wildman–Crippen MR) is 67.9 cm³/mol. The lowest BCUT2D eigenvalue weighted by molar-refractivity contribution is 0.0523. The third-order valence-electron chi connectivity index (χ3n) is 2.48. The molecule has 0 bridgehead atoms. The van der Waals surface area contributed by atoms with E-state index >= 15 is 0 Å². The van der Waals surface area contributed by atoms with Gasteiger partial charge in [0.1, 0.15) is 0 Å². The van der Waals surface area contributed by atoms with E-state index in [1.165, 1.54) is 24.7 Å². The summed E-state index contributed by atoms with van der Waals surface area (Å²) in [5.41, 5.74) is 0.846. The van der Waals surface area contributed by atoms with E-state index in [0.717, 1.165) is 0 Å². The molecule has 19 heavy (non-hydrogen) atoms. The van der Waals surface area contributed by atoms with Crippen LogP contribution in [0, 0.1) is 0 Å². The fourth-order valence-electron chi connectivity index (χ4n) is 1.62. The van der Waals surface area contributed by atoms with Gasteiger partial charge in [0.05, 0.1) is 12.2 Å². The van der Waals surface area contributed by atoms with E-state index in [2.05, 4.69) is 9.97 Å². The maximum atomic E-state index is 12.3. The standard InChI is InChI=1S/C14H12N2O3/c1-2-19-14(18)12-9-16-7-5-11(12)13(17)10-4-3-6-15-8-10/h3-9H,2H2,1H3. The van der Waals surface area contributed by atoms with E-state index in [9.17, 15) is 9.59 Å². The number of carbonyl (C=O) groups is 2. The maximum absolute atomic E-state index is 12.3. The number of hydrogen-bond acceptors (Lipinski definition) is 5. The van der Waals surface area contributed by atoms with Crippen LogP contribution in [0.2, 0.25) is 0 Å². The molecule has 0 saturated carbocycles. The molecule has 0 aliphatic carbocycles. The highest BCUT2D eigenvalue weighted by Crippen LogP contribution is 2.14. The third kappa shape index (κ3) is 2.82. The summed E-state index contributed by atoms with van der Waals surface area (Å²) in [7, 11) is 0. The van der Waals surface area contributed by atoms with Crippen LogP contribution in [-0.4, -0.2) is 28.3 Å². The monoisotopic (exact) mass is 256 g/mol. The van der Waals surface area contributed by atoms with Crippen LogP contribution in [0.15, 0.2) is 43.0 Å². The van der Waals surface area contributed by atoms with E-state index in [1.54, 1.807) is 25.3 Å². The highest BCUT2D eigenvalue weighted by molar-refractivity contribution is 6.14. The minimum Gasteiger partial charge on any atom is -0.462 e. The summed E-state index contributed by atoms with van der Waals surface area (Å²) in [6.45, 7) is 1.95. The highest BCUT2D eigenvalue weighted by atomic mass is 16.5. The molecule has 2 rings (SSSR count). The number of nitrogens with zero attached hydrogens (tertiary/aromatic N) is 2. The van der Waals surface area contributed by atoms with Crippen LogP contribution in [0.3, 0.4) is 0 Å². The van der Waals surface area contributed by atoms with E-state index in [-0.39, 0.29) is 23.5 Å². The largest absolute Gasteiger partial charge is 0.462 e. The van der Waals surface area contributed by atoms with E-state index in [0.29, 0.717) is 5.56 Å². The zero-order valence-electron chi connectivity index (χ0n) is 10.4. The molecule has 5 heteroatoms. The fraction of sp³-hybridized carbons (Fsp3) is 0.143. The number of aromatic nitrogens is 2. The van der Waals surface area contributed by atoms with Crippen LogP contribution in [-0.2, 0) is 4.74 Å². The van der Waals surface area contributed by atoms with Gasteiger partial charge in [-0.05, 0) is 25.1 Å². The molecule has 0 radical (unpaired) electrons. The van der Waals surface area contributed by atoms with Crippen molar-refractivity contribution in [3.05, 3.63) is 59.7 Å². The second-order valence-corrected chi connectivity index (χ2v) is 3.71. The number of pyridine rings is 2. The van der Waals surface area contributed by atoms with Crippen LogP contribution >= 0.6 is 0 Å². The van der Waals surface area contributed by atoms with Crippen LogP contribution in [0.4, 0.5) is 0 Å². The molecule has 5 nitrogen and oxygen atoms in total. The highest BCUT2D eigenvalue weighted by Gasteiger charge is 2.19. The lowest BCUT2D eigenvalue weighted by Crippen LogP contribution is -2.13. The zero-order chi connectivity index (χ0) is 13.7. The number of esters is 1. The minimum atomic E-state index is -0.553. The van der Waals surface area contributed by atoms with Gasteiger partial charge in [0.15, 0.2) is 5.78 Å². The smallest absolute Gasteiger partial charge is 0.340 e. The van der Waals surface area contributed by atoms with Crippen LogP contribution in [0.5, 0.6) is 0 Å². The second kappa shape index (κ2) is 5.86. The van der Waals surface area contributed by atoms with Crippen LogP contribution in [0.1, 0.15) is 33.2 Å². The second-order valence-electron chi connectivity index (χ2n) is 3.71. The number of carbonyl (C=O) groups excluding carboxylic acids is 2. The zero-order valence-corrected chi connectivity index (χ0v) is 10.4. The summed E-state index contributed by atoms with van der Waals surface area (Å²) in [5.74, 6) is -0.832. The SMILES string of the molecule is CCOC(=O)c1cnccc1C(=O)c1cccnc1. The van der Waals surface area contributed by atoms with Gasteiger partial charge in [-0.2, -0.15) is 0 Å². The van der Waals surface area contributed by atoms with Gasteiger partial charge in [-0.15, -0.1) is 0 Å². The first-order valence-electron chi connectivity index (χ1n) is 5.80. The molecule has 2 aromatic rings. The summed E-state index contributed by atoms with van der Waals surface area (Å²) in [4.78, 5) is 31.8. The molecule has 0 saturated heterocycles. The quantitative estimate of drug-likeness (QED) is 0.617. The molecule has 0 aliphatic rings. The van der Waals surface area contributed by atoms with Gasteiger partial charge < -0.3 is 4.74 Å². The summed E-state index contributed by atoms with van der Waals surface area (Å²) >= 11 is 0. The van der Waals surface area contributed by atoms with Gasteiger partial charge in [-0.1, -0.05) is 0 Å². The van der Waals surface area contributed by atoms with Crippen molar-refractivity contribution in [3.8, 4) is 0 Å². The summed E-state index contributed by atoms with van der Waals surface area (Å²) in [6.07, 6.45) is 5.83. The molecule has 2 aromatic heterocycles. The first-order valence-corrected chi connectivity index (χ1v) is 5.80. The van der Waals surface area contributed by atoms with Crippen molar-refractivity contribution in [3.63, 3.8) is 0 Å². The molecule has 0 N–H and O–H groups in total. The number of ketones is 1.